The van der Waals surface area contributed by atoms with Crippen molar-refractivity contribution in [3.63, 3.8) is 0 Å². The molecule has 0 unspecified atom stereocenters. The van der Waals surface area contributed by atoms with Gasteiger partial charge in [-0.2, -0.15) is 25.3 Å². The van der Waals surface area contributed by atoms with Gasteiger partial charge in [0, 0.05) is 6.42 Å². The molecule has 0 aliphatic carbocycles. The third-order valence-electron chi connectivity index (χ3n) is 0.611. The number of ketones is 1. The van der Waals surface area contributed by atoms with Crippen molar-refractivity contribution < 1.29 is 4.79 Å². The number of carbonyl (C=O) groups excluding carboxylic acids is 1. The number of thiol groups is 2. The van der Waals surface area contributed by atoms with Crippen molar-refractivity contribution in [3.05, 3.63) is 12.7 Å². The van der Waals surface area contributed by atoms with Gasteiger partial charge in [-0.3, -0.25) is 4.79 Å². The minimum absolute atomic E-state index is 0.0139. The molecule has 0 radical (unpaired) electrons. The normalized spacial score (nSPS) is 9.38. The van der Waals surface area contributed by atoms with Crippen molar-refractivity contribution >= 4 is 31.0 Å². The average molecular weight is 148 g/mol. The third kappa shape index (κ3) is 4.27. The van der Waals surface area contributed by atoms with Gasteiger partial charge in [-0.25, -0.2) is 0 Å². The zero-order chi connectivity index (χ0) is 6.57. The molecule has 0 aliphatic heterocycles. The summed E-state index contributed by atoms with van der Waals surface area (Å²) in [6, 6.07) is 0. The maximum absolute atomic E-state index is 10.4. The Labute approximate surface area is 60.0 Å². The van der Waals surface area contributed by atoms with E-state index in [2.05, 4.69) is 31.8 Å². The summed E-state index contributed by atoms with van der Waals surface area (Å²) in [7, 11) is 0. The van der Waals surface area contributed by atoms with Crippen LogP contribution in [0.4, 0.5) is 0 Å². The highest BCUT2D eigenvalue weighted by molar-refractivity contribution is 7.99. The highest BCUT2D eigenvalue weighted by Gasteiger charge is 1.99. The minimum Gasteiger partial charge on any atom is -0.295 e. The maximum atomic E-state index is 10.4. The van der Waals surface area contributed by atoms with Crippen molar-refractivity contribution in [2.75, 3.05) is 0 Å². The molecule has 0 spiro atoms. The first kappa shape index (κ1) is 8.11. The molecule has 0 fully saturated rings. The lowest BCUT2D eigenvalue weighted by Crippen LogP contribution is -1.97. The monoisotopic (exact) mass is 148 g/mol. The molecule has 0 saturated heterocycles. The highest BCUT2D eigenvalue weighted by Crippen LogP contribution is 2.05. The molecule has 0 bridgehead atoms. The fourth-order valence-corrected chi connectivity index (χ4v) is 0.623. The quantitative estimate of drug-likeness (QED) is 0.351. The van der Waals surface area contributed by atoms with Crippen molar-refractivity contribution in [2.24, 2.45) is 0 Å². The molecule has 0 N–H and O–H groups in total. The zero-order valence-electron chi connectivity index (χ0n) is 4.37. The fraction of sp³-hybridized carbons (Fsp3) is 0.400. The van der Waals surface area contributed by atoms with E-state index in [1.165, 1.54) is 6.08 Å². The Morgan fingerprint density at radius 3 is 2.38 bits per heavy atom. The SMILES string of the molecule is C=CC(=O)CC(S)S. The first-order valence-electron chi connectivity index (χ1n) is 2.18. The van der Waals surface area contributed by atoms with Crippen LogP contribution in [0, 0.1) is 0 Å². The van der Waals surface area contributed by atoms with Gasteiger partial charge in [0.2, 0.25) is 0 Å². The molecule has 3 heteroatoms. The first-order valence-corrected chi connectivity index (χ1v) is 3.21. The number of rotatable bonds is 3. The summed E-state index contributed by atoms with van der Waals surface area (Å²) in [6.07, 6.45) is 1.63. The lowest BCUT2D eigenvalue weighted by Gasteiger charge is -1.95. The molecular formula is C5H8OS2. The van der Waals surface area contributed by atoms with Crippen LogP contribution in [0.1, 0.15) is 6.42 Å². The maximum Gasteiger partial charge on any atom is 0.157 e. The van der Waals surface area contributed by atoms with Gasteiger partial charge in [0.25, 0.3) is 0 Å². The summed E-state index contributed by atoms with van der Waals surface area (Å²) in [4.78, 5) is 10.4. The predicted octanol–water partition coefficient (Wildman–Crippen LogP) is 1.32. The van der Waals surface area contributed by atoms with Crippen LogP contribution >= 0.6 is 25.3 Å². The molecule has 0 rings (SSSR count). The molecule has 0 saturated carbocycles. The molecular weight excluding hydrogens is 140 g/mol. The van der Waals surface area contributed by atoms with Gasteiger partial charge in [-0.15, -0.1) is 0 Å². The smallest absolute Gasteiger partial charge is 0.157 e. The van der Waals surface area contributed by atoms with Gasteiger partial charge < -0.3 is 0 Å². The second-order valence-corrected chi connectivity index (χ2v) is 3.01. The summed E-state index contributed by atoms with van der Waals surface area (Å²) < 4.78 is -0.152. The summed E-state index contributed by atoms with van der Waals surface area (Å²) in [5.74, 6) is -0.0139. The molecule has 0 heterocycles. The van der Waals surface area contributed by atoms with E-state index in [1.807, 2.05) is 0 Å². The van der Waals surface area contributed by atoms with E-state index >= 15 is 0 Å². The van der Waals surface area contributed by atoms with E-state index in [4.69, 9.17) is 0 Å². The van der Waals surface area contributed by atoms with Crippen LogP contribution in [-0.4, -0.2) is 10.4 Å². The minimum atomic E-state index is -0.152. The molecule has 1 nitrogen and oxygen atoms in total. The number of allylic oxidation sites excluding steroid dienone is 1. The van der Waals surface area contributed by atoms with E-state index in [9.17, 15) is 4.79 Å². The number of carbonyl (C=O) groups is 1. The Morgan fingerprint density at radius 1 is 1.75 bits per heavy atom. The summed E-state index contributed by atoms with van der Waals surface area (Å²) in [5, 5.41) is 0. The van der Waals surface area contributed by atoms with Gasteiger partial charge in [-0.1, -0.05) is 6.58 Å². The zero-order valence-corrected chi connectivity index (χ0v) is 6.16. The molecule has 0 aromatic carbocycles. The molecule has 0 atom stereocenters. The van der Waals surface area contributed by atoms with Crippen LogP contribution in [0.2, 0.25) is 0 Å². The van der Waals surface area contributed by atoms with Crippen molar-refractivity contribution in [1.29, 1.82) is 0 Å². The van der Waals surface area contributed by atoms with Crippen LogP contribution in [0.15, 0.2) is 12.7 Å². The average Bonchev–Trinajstić information content (AvgIpc) is 1.65. The predicted molar refractivity (Wildman–Crippen MR) is 41.6 cm³/mol. The van der Waals surface area contributed by atoms with E-state index in [1.54, 1.807) is 0 Å². The van der Waals surface area contributed by atoms with E-state index in [0.29, 0.717) is 6.42 Å². The summed E-state index contributed by atoms with van der Waals surface area (Å²) in [6.45, 7) is 3.30. The van der Waals surface area contributed by atoms with Crippen molar-refractivity contribution in [3.8, 4) is 0 Å². The lowest BCUT2D eigenvalue weighted by molar-refractivity contribution is -0.114. The van der Waals surface area contributed by atoms with E-state index in [-0.39, 0.29) is 10.4 Å². The molecule has 0 aromatic rings. The van der Waals surface area contributed by atoms with Gasteiger partial charge in [0.15, 0.2) is 5.78 Å². The number of hydrogen-bond acceptors (Lipinski definition) is 3. The molecule has 8 heavy (non-hydrogen) atoms. The Balaban J connectivity index is 3.39. The Kier molecular flexibility index (Phi) is 4.09. The topological polar surface area (TPSA) is 17.1 Å². The van der Waals surface area contributed by atoms with Crippen LogP contribution in [0.5, 0.6) is 0 Å². The number of hydrogen-bond donors (Lipinski definition) is 2. The van der Waals surface area contributed by atoms with Gasteiger partial charge in [0.05, 0.1) is 4.58 Å². The first-order chi connectivity index (χ1) is 3.66. The van der Waals surface area contributed by atoms with Gasteiger partial charge in [-0.05, 0) is 6.08 Å². The third-order valence-corrected chi connectivity index (χ3v) is 0.977. The van der Waals surface area contributed by atoms with Gasteiger partial charge >= 0.3 is 0 Å². The van der Waals surface area contributed by atoms with Crippen LogP contribution in [-0.2, 0) is 4.79 Å². The molecule has 0 aromatic heterocycles. The Bertz CT molecular complexity index is 98.6. The van der Waals surface area contributed by atoms with Crippen LogP contribution in [0.25, 0.3) is 0 Å². The van der Waals surface area contributed by atoms with Crippen LogP contribution < -0.4 is 0 Å². The standard InChI is InChI=1S/C5H8OS2/c1-2-4(6)3-5(7)8/h2,5,7-8H,1,3H2. The van der Waals surface area contributed by atoms with Crippen molar-refractivity contribution in [1.82, 2.24) is 0 Å². The second-order valence-electron chi connectivity index (χ2n) is 1.36. The van der Waals surface area contributed by atoms with Gasteiger partial charge in [0.1, 0.15) is 0 Å². The van der Waals surface area contributed by atoms with Crippen LogP contribution in [0.3, 0.4) is 0 Å². The van der Waals surface area contributed by atoms with E-state index < -0.39 is 0 Å². The fourth-order valence-electron chi connectivity index (χ4n) is 0.263. The lowest BCUT2D eigenvalue weighted by atomic mass is 10.3. The highest BCUT2D eigenvalue weighted by atomic mass is 32.2. The molecule has 0 aliphatic rings. The second kappa shape index (κ2) is 4.04. The molecule has 0 amide bonds. The summed E-state index contributed by atoms with van der Waals surface area (Å²) >= 11 is 7.77. The largest absolute Gasteiger partial charge is 0.295 e. The van der Waals surface area contributed by atoms with E-state index in [0.717, 1.165) is 0 Å². The Hall–Kier alpha value is 0.110. The Morgan fingerprint density at radius 2 is 2.25 bits per heavy atom. The molecule has 46 valence electrons. The summed E-state index contributed by atoms with van der Waals surface area (Å²) in [5.41, 5.74) is 0. The van der Waals surface area contributed by atoms with Crippen molar-refractivity contribution in [2.45, 2.75) is 11.0 Å².